The largest absolute Gasteiger partial charge is 0.543 e. The van der Waals surface area contributed by atoms with Gasteiger partial charge in [0, 0.05) is 6.20 Å². The van der Waals surface area contributed by atoms with Gasteiger partial charge in [0.1, 0.15) is 24.9 Å². The molecule has 0 bridgehead atoms. The number of carboxylic acids is 1. The van der Waals surface area contributed by atoms with Crippen LogP contribution < -0.4 is 15.2 Å². The number of aryl methyl sites for hydroxylation is 2. The zero-order valence-electron chi connectivity index (χ0n) is 14.9. The summed E-state index contributed by atoms with van der Waals surface area (Å²) in [6.07, 6.45) is 1.41. The van der Waals surface area contributed by atoms with Gasteiger partial charge in [-0.25, -0.2) is 0 Å². The summed E-state index contributed by atoms with van der Waals surface area (Å²) in [6.45, 7) is 7.87. The summed E-state index contributed by atoms with van der Waals surface area (Å²) in [5.41, 5.74) is 2.32. The third-order valence-electron chi connectivity index (χ3n) is 3.50. The molecule has 0 fully saturated rings. The normalized spacial score (nSPS) is 11.2. The summed E-state index contributed by atoms with van der Waals surface area (Å²) in [5.74, 6) is -0.247. The maximum atomic E-state index is 10.0. The number of carboxylic acid groups (broad SMARTS) is 1. The zero-order valence-corrected chi connectivity index (χ0v) is 14.9. The average Bonchev–Trinajstić information content (AvgIpc) is 2.61. The van der Waals surface area contributed by atoms with Crippen molar-refractivity contribution in [3.63, 3.8) is 0 Å². The number of aliphatic hydroxyl groups excluding tert-OH is 1. The van der Waals surface area contributed by atoms with E-state index in [-0.39, 0.29) is 18.3 Å². The van der Waals surface area contributed by atoms with E-state index in [4.69, 9.17) is 9.84 Å². The molecular formula is C19H26N2O4. The fourth-order valence-electron chi connectivity index (χ4n) is 2.10. The molecule has 1 aromatic carbocycles. The molecule has 2 aromatic rings. The highest BCUT2D eigenvalue weighted by Gasteiger charge is 2.05. The van der Waals surface area contributed by atoms with Gasteiger partial charge in [0.2, 0.25) is 0 Å². The molecule has 136 valence electrons. The lowest BCUT2D eigenvalue weighted by Gasteiger charge is -2.12. The third-order valence-corrected chi connectivity index (χ3v) is 3.50. The number of carbonyl (C=O) groups is 1. The van der Waals surface area contributed by atoms with E-state index in [1.165, 1.54) is 23.4 Å². The highest BCUT2D eigenvalue weighted by molar-refractivity contribution is 5.83. The minimum absolute atomic E-state index is 0.0301. The molecule has 1 aromatic heterocycles. The summed E-state index contributed by atoms with van der Waals surface area (Å²) in [4.78, 5) is 13.5. The lowest BCUT2D eigenvalue weighted by molar-refractivity contribution is -0.688. The molecule has 0 aliphatic heterocycles. The van der Waals surface area contributed by atoms with Crippen LogP contribution in [0.3, 0.4) is 0 Å². The summed E-state index contributed by atoms with van der Waals surface area (Å²) in [5, 5.41) is 21.0. The predicted octanol–water partition coefficient (Wildman–Crippen LogP) is 0.0715. The molecular weight excluding hydrogens is 320 g/mol. The minimum Gasteiger partial charge on any atom is -0.543 e. The molecule has 0 radical (unpaired) electrons. The number of nitrogens with zero attached hydrogens (tertiary/aromatic N) is 1. The van der Waals surface area contributed by atoms with Crippen LogP contribution in [0.4, 0.5) is 0 Å². The number of quaternary nitrogens is 1. The average molecular weight is 346 g/mol. The van der Waals surface area contributed by atoms with Crippen LogP contribution in [0.25, 0.3) is 0 Å². The molecule has 0 saturated carbocycles. The number of ether oxygens (including phenoxy) is 1. The number of nitrogens with two attached hydrogens (primary N) is 1. The Balaban J connectivity index is 0.000000293. The van der Waals surface area contributed by atoms with Crippen LogP contribution in [-0.4, -0.2) is 41.9 Å². The summed E-state index contributed by atoms with van der Waals surface area (Å²) in [6, 6.07) is 11.0. The molecule has 3 N–H and O–H groups in total. The van der Waals surface area contributed by atoms with Gasteiger partial charge in [-0.15, -0.1) is 0 Å². The molecule has 0 aliphatic carbocycles. The van der Waals surface area contributed by atoms with Crippen LogP contribution in [-0.2, 0) is 0 Å². The number of para-hydroxylation sites is 1. The van der Waals surface area contributed by atoms with E-state index in [2.05, 4.69) is 36.3 Å². The molecule has 0 spiro atoms. The van der Waals surface area contributed by atoms with Gasteiger partial charge in [-0.1, -0.05) is 24.3 Å². The molecule has 25 heavy (non-hydrogen) atoms. The summed E-state index contributed by atoms with van der Waals surface area (Å²) >= 11 is 0. The Morgan fingerprint density at radius 2 is 1.92 bits per heavy atom. The second-order valence-corrected chi connectivity index (χ2v) is 5.76. The van der Waals surface area contributed by atoms with E-state index < -0.39 is 5.97 Å². The second kappa shape index (κ2) is 11.2. The summed E-state index contributed by atoms with van der Waals surface area (Å²) in [7, 11) is 0. The van der Waals surface area contributed by atoms with Gasteiger partial charge in [-0.3, -0.25) is 4.98 Å². The number of pyridine rings is 1. The standard InChI is InChI=1S/C13H21NO2.C6H5NO2/c1-10-5-4-6-11(2)13(10)16-8-7-14-12(3)9-15;8-6(9)5-3-1-2-4-7-5/h4-6,12,14-15H,7-9H2,1-3H3;1-4H,(H,8,9)/t12-;/m1./s1. The topological polar surface area (TPSA) is 99.1 Å². The molecule has 0 amide bonds. The van der Waals surface area contributed by atoms with E-state index in [1.54, 1.807) is 12.1 Å². The van der Waals surface area contributed by atoms with Crippen molar-refractivity contribution >= 4 is 5.97 Å². The summed E-state index contributed by atoms with van der Waals surface area (Å²) < 4.78 is 5.75. The van der Waals surface area contributed by atoms with Gasteiger partial charge in [0.05, 0.1) is 18.3 Å². The van der Waals surface area contributed by atoms with Gasteiger partial charge in [0.25, 0.3) is 0 Å². The van der Waals surface area contributed by atoms with Crippen molar-refractivity contribution in [3.05, 3.63) is 59.4 Å². The van der Waals surface area contributed by atoms with Crippen LogP contribution in [0.2, 0.25) is 0 Å². The Labute approximate surface area is 148 Å². The first-order valence-corrected chi connectivity index (χ1v) is 8.21. The number of hydrogen-bond donors (Lipinski definition) is 2. The number of benzene rings is 1. The highest BCUT2D eigenvalue weighted by atomic mass is 16.5. The SMILES string of the molecule is Cc1cccc(C)c1OCC[NH2+][C@H](C)CO.O=C([O-])c1ccccn1. The van der Waals surface area contributed by atoms with E-state index in [0.717, 1.165) is 12.3 Å². The fourth-order valence-corrected chi connectivity index (χ4v) is 2.10. The maximum absolute atomic E-state index is 10.0. The van der Waals surface area contributed by atoms with Crippen molar-refractivity contribution in [2.24, 2.45) is 0 Å². The molecule has 6 heteroatoms. The van der Waals surface area contributed by atoms with Crippen molar-refractivity contribution in [1.82, 2.24) is 4.98 Å². The van der Waals surface area contributed by atoms with E-state index in [1.807, 2.05) is 13.0 Å². The molecule has 1 atom stereocenters. The van der Waals surface area contributed by atoms with Gasteiger partial charge in [-0.2, -0.15) is 0 Å². The molecule has 2 rings (SSSR count). The number of aromatic carboxylic acids is 1. The molecule has 6 nitrogen and oxygen atoms in total. The smallest absolute Gasteiger partial charge is 0.137 e. The first-order valence-electron chi connectivity index (χ1n) is 8.21. The minimum atomic E-state index is -1.24. The number of rotatable bonds is 7. The second-order valence-electron chi connectivity index (χ2n) is 5.76. The fraction of sp³-hybridized carbons (Fsp3) is 0.368. The van der Waals surface area contributed by atoms with E-state index in [9.17, 15) is 9.90 Å². The van der Waals surface area contributed by atoms with Gasteiger partial charge in [-0.05, 0) is 44.0 Å². The van der Waals surface area contributed by atoms with Gasteiger partial charge in [0.15, 0.2) is 0 Å². The van der Waals surface area contributed by atoms with E-state index >= 15 is 0 Å². The maximum Gasteiger partial charge on any atom is 0.137 e. The Hall–Kier alpha value is -2.44. The van der Waals surface area contributed by atoms with Crippen molar-refractivity contribution in [2.75, 3.05) is 19.8 Å². The lowest BCUT2D eigenvalue weighted by Crippen LogP contribution is -2.91. The Morgan fingerprint density at radius 1 is 1.24 bits per heavy atom. The van der Waals surface area contributed by atoms with Crippen molar-refractivity contribution in [3.8, 4) is 5.75 Å². The van der Waals surface area contributed by atoms with Crippen molar-refractivity contribution < 1.29 is 25.1 Å². The Morgan fingerprint density at radius 3 is 2.40 bits per heavy atom. The van der Waals surface area contributed by atoms with Gasteiger partial charge >= 0.3 is 0 Å². The van der Waals surface area contributed by atoms with Crippen molar-refractivity contribution in [1.29, 1.82) is 0 Å². The third kappa shape index (κ3) is 7.78. The number of aliphatic hydroxyl groups is 1. The van der Waals surface area contributed by atoms with Crippen molar-refractivity contribution in [2.45, 2.75) is 26.8 Å². The van der Waals surface area contributed by atoms with Crippen LogP contribution in [0.5, 0.6) is 5.75 Å². The highest BCUT2D eigenvalue weighted by Crippen LogP contribution is 2.21. The van der Waals surface area contributed by atoms with Crippen LogP contribution >= 0.6 is 0 Å². The molecule has 0 aliphatic rings. The van der Waals surface area contributed by atoms with Gasteiger partial charge < -0.3 is 25.1 Å². The quantitative estimate of drug-likeness (QED) is 0.691. The lowest BCUT2D eigenvalue weighted by atomic mass is 10.1. The molecule has 0 unspecified atom stereocenters. The Bertz CT molecular complexity index is 627. The number of hydrogen-bond acceptors (Lipinski definition) is 5. The molecule has 0 saturated heterocycles. The van der Waals surface area contributed by atoms with Crippen LogP contribution in [0.1, 0.15) is 28.5 Å². The number of aromatic nitrogens is 1. The van der Waals surface area contributed by atoms with Crippen LogP contribution in [0, 0.1) is 13.8 Å². The monoisotopic (exact) mass is 346 g/mol. The van der Waals surface area contributed by atoms with Crippen LogP contribution in [0.15, 0.2) is 42.6 Å². The number of carbonyl (C=O) groups excluding carboxylic acids is 1. The zero-order chi connectivity index (χ0) is 18.7. The Kier molecular flexibility index (Phi) is 9.21. The first kappa shape index (κ1) is 20.6. The van der Waals surface area contributed by atoms with E-state index in [0.29, 0.717) is 6.61 Å². The first-order chi connectivity index (χ1) is 12.0. The molecule has 1 heterocycles. The predicted molar refractivity (Wildman–Crippen MR) is 93.3 cm³/mol.